The Hall–Kier alpha value is -3.03. The molecule has 2 atom stereocenters. The summed E-state index contributed by atoms with van der Waals surface area (Å²) in [6, 6.07) is 7.39. The van der Waals surface area contributed by atoms with Gasteiger partial charge >= 0.3 is 5.69 Å². The molecule has 2 heterocycles. The third kappa shape index (κ3) is 2.59. The highest BCUT2D eigenvalue weighted by Gasteiger charge is 2.34. The summed E-state index contributed by atoms with van der Waals surface area (Å²) in [7, 11) is 4.39. The quantitative estimate of drug-likeness (QED) is 0.844. The molecular formula is C17H20N4O4. The number of nitrogens with one attached hydrogen (secondary N) is 1. The molecule has 0 saturated heterocycles. The number of hydrazone groups is 1. The Balaban J connectivity index is 2.01. The molecule has 0 radical (unpaired) electrons. The van der Waals surface area contributed by atoms with Crippen molar-refractivity contribution in [3.05, 3.63) is 56.2 Å². The van der Waals surface area contributed by atoms with Crippen molar-refractivity contribution in [3.8, 4) is 11.6 Å². The molecule has 8 nitrogen and oxygen atoms in total. The van der Waals surface area contributed by atoms with Gasteiger partial charge in [-0.3, -0.25) is 13.9 Å². The van der Waals surface area contributed by atoms with Crippen LogP contribution in [0, 0.1) is 5.92 Å². The first-order valence-electron chi connectivity index (χ1n) is 7.83. The fourth-order valence-electron chi connectivity index (χ4n) is 3.03. The summed E-state index contributed by atoms with van der Waals surface area (Å²) in [6.07, 6.45) is 0. The molecule has 0 amide bonds. The largest absolute Gasteiger partial charge is 0.497 e. The first-order valence-corrected chi connectivity index (χ1v) is 7.83. The van der Waals surface area contributed by atoms with Crippen LogP contribution in [-0.2, 0) is 14.1 Å². The molecule has 0 saturated carbocycles. The van der Waals surface area contributed by atoms with Gasteiger partial charge in [-0.1, -0.05) is 19.1 Å². The maximum atomic E-state index is 12.5. The molecule has 1 aromatic heterocycles. The van der Waals surface area contributed by atoms with E-state index in [1.807, 2.05) is 31.2 Å². The number of benzene rings is 1. The molecule has 0 fully saturated rings. The van der Waals surface area contributed by atoms with E-state index >= 15 is 0 Å². The van der Waals surface area contributed by atoms with Crippen LogP contribution in [0.5, 0.6) is 11.6 Å². The van der Waals surface area contributed by atoms with Crippen molar-refractivity contribution in [3.63, 3.8) is 0 Å². The Morgan fingerprint density at radius 2 is 1.80 bits per heavy atom. The molecule has 25 heavy (non-hydrogen) atoms. The molecule has 8 heteroatoms. The van der Waals surface area contributed by atoms with Gasteiger partial charge in [-0.25, -0.2) is 4.79 Å². The van der Waals surface area contributed by atoms with Crippen molar-refractivity contribution in [1.29, 1.82) is 0 Å². The molecule has 132 valence electrons. The van der Waals surface area contributed by atoms with Crippen LogP contribution in [-0.4, -0.2) is 27.1 Å². The van der Waals surface area contributed by atoms with E-state index in [0.717, 1.165) is 20.4 Å². The van der Waals surface area contributed by atoms with Crippen LogP contribution in [0.1, 0.15) is 24.1 Å². The normalized spacial score (nSPS) is 19.4. The van der Waals surface area contributed by atoms with Crippen LogP contribution >= 0.6 is 0 Å². The average molecular weight is 344 g/mol. The van der Waals surface area contributed by atoms with Gasteiger partial charge < -0.3 is 15.3 Å². The third-order valence-corrected chi connectivity index (χ3v) is 4.62. The molecule has 0 aliphatic carbocycles. The monoisotopic (exact) mass is 344 g/mol. The summed E-state index contributed by atoms with van der Waals surface area (Å²) in [4.78, 5) is 24.4. The minimum absolute atomic E-state index is 0.0422. The second-order valence-corrected chi connectivity index (χ2v) is 6.07. The van der Waals surface area contributed by atoms with Crippen molar-refractivity contribution in [1.82, 2.24) is 14.6 Å². The number of aromatic hydroxyl groups is 1. The Bertz CT molecular complexity index is 956. The van der Waals surface area contributed by atoms with Gasteiger partial charge in [0.1, 0.15) is 11.3 Å². The minimum Gasteiger partial charge on any atom is -0.497 e. The van der Waals surface area contributed by atoms with E-state index in [2.05, 4.69) is 10.5 Å². The molecule has 2 aromatic rings. The molecule has 0 spiro atoms. The number of methoxy groups -OCH3 is 1. The average Bonchev–Trinajstić information content (AvgIpc) is 3.00. The zero-order valence-electron chi connectivity index (χ0n) is 14.5. The molecule has 2 N–H and O–H groups in total. The van der Waals surface area contributed by atoms with Gasteiger partial charge in [-0.05, 0) is 17.7 Å². The van der Waals surface area contributed by atoms with Gasteiger partial charge in [0.25, 0.3) is 5.56 Å². The maximum absolute atomic E-state index is 12.5. The highest BCUT2D eigenvalue weighted by Crippen LogP contribution is 2.31. The van der Waals surface area contributed by atoms with E-state index in [0.29, 0.717) is 5.71 Å². The summed E-state index contributed by atoms with van der Waals surface area (Å²) in [5.41, 5.74) is 3.31. The fourth-order valence-corrected chi connectivity index (χ4v) is 3.03. The lowest BCUT2D eigenvalue weighted by Crippen LogP contribution is -2.40. The molecule has 1 aromatic carbocycles. The van der Waals surface area contributed by atoms with Gasteiger partial charge in [0.2, 0.25) is 5.88 Å². The number of hydrogen-bond acceptors (Lipinski definition) is 6. The van der Waals surface area contributed by atoms with Crippen LogP contribution < -0.4 is 21.4 Å². The molecule has 0 bridgehead atoms. The number of nitrogens with zero attached hydrogens (tertiary/aromatic N) is 3. The second-order valence-electron chi connectivity index (χ2n) is 6.07. The smallest absolute Gasteiger partial charge is 0.333 e. The first-order chi connectivity index (χ1) is 11.9. The lowest BCUT2D eigenvalue weighted by molar-refractivity contribution is 0.409. The van der Waals surface area contributed by atoms with Crippen molar-refractivity contribution >= 4 is 5.71 Å². The van der Waals surface area contributed by atoms with Crippen LogP contribution in [0.2, 0.25) is 0 Å². The van der Waals surface area contributed by atoms with Gasteiger partial charge in [-0.15, -0.1) is 0 Å². The van der Waals surface area contributed by atoms with Crippen molar-refractivity contribution in [2.24, 2.45) is 25.1 Å². The van der Waals surface area contributed by atoms with Gasteiger partial charge in [0, 0.05) is 20.0 Å². The van der Waals surface area contributed by atoms with E-state index < -0.39 is 11.2 Å². The van der Waals surface area contributed by atoms with Gasteiger partial charge in [-0.2, -0.15) is 5.10 Å². The van der Waals surface area contributed by atoms with E-state index in [1.54, 1.807) is 7.11 Å². The predicted molar refractivity (Wildman–Crippen MR) is 93.2 cm³/mol. The summed E-state index contributed by atoms with van der Waals surface area (Å²) < 4.78 is 7.16. The Morgan fingerprint density at radius 3 is 2.40 bits per heavy atom. The zero-order chi connectivity index (χ0) is 18.3. The van der Waals surface area contributed by atoms with Gasteiger partial charge in [0.15, 0.2) is 0 Å². The van der Waals surface area contributed by atoms with Crippen LogP contribution in [0.3, 0.4) is 0 Å². The number of ether oxygens (including phenoxy) is 1. The zero-order valence-corrected chi connectivity index (χ0v) is 14.5. The molecular weight excluding hydrogens is 324 g/mol. The van der Waals surface area contributed by atoms with Crippen molar-refractivity contribution < 1.29 is 9.84 Å². The first kappa shape index (κ1) is 16.8. The molecule has 3 rings (SSSR count). The predicted octanol–water partition coefficient (Wildman–Crippen LogP) is 0.483. The SMILES string of the molecule is COc1ccc(C2NN=C(c3c(O)n(C)c(=O)n(C)c3=O)C2C)cc1. The van der Waals surface area contributed by atoms with E-state index in [9.17, 15) is 14.7 Å². The summed E-state index contributed by atoms with van der Waals surface area (Å²) in [5, 5.41) is 14.6. The fraction of sp³-hybridized carbons (Fsp3) is 0.353. The Labute approximate surface area is 144 Å². The van der Waals surface area contributed by atoms with Crippen molar-refractivity contribution in [2.45, 2.75) is 13.0 Å². The Kier molecular flexibility index (Phi) is 4.12. The summed E-state index contributed by atoms with van der Waals surface area (Å²) in [6.45, 7) is 1.91. The van der Waals surface area contributed by atoms with Crippen LogP contribution in [0.15, 0.2) is 39.0 Å². The lowest BCUT2D eigenvalue weighted by Gasteiger charge is -2.18. The number of rotatable bonds is 3. The topological polar surface area (TPSA) is 97.8 Å². The molecule has 2 unspecified atom stereocenters. The second kappa shape index (κ2) is 6.12. The van der Waals surface area contributed by atoms with Crippen LogP contribution in [0.25, 0.3) is 0 Å². The number of aromatic nitrogens is 2. The maximum Gasteiger partial charge on any atom is 0.333 e. The third-order valence-electron chi connectivity index (χ3n) is 4.62. The molecule has 1 aliphatic heterocycles. The van der Waals surface area contributed by atoms with E-state index in [1.165, 1.54) is 14.1 Å². The summed E-state index contributed by atoms with van der Waals surface area (Å²) in [5.74, 6) is 0.195. The number of hydrogen-bond donors (Lipinski definition) is 2. The highest BCUT2D eigenvalue weighted by molar-refractivity contribution is 6.04. The van der Waals surface area contributed by atoms with Gasteiger partial charge in [0.05, 0.1) is 18.9 Å². The lowest BCUT2D eigenvalue weighted by atomic mass is 9.89. The summed E-state index contributed by atoms with van der Waals surface area (Å²) >= 11 is 0. The molecule has 1 aliphatic rings. The Morgan fingerprint density at radius 1 is 1.16 bits per heavy atom. The van der Waals surface area contributed by atoms with E-state index in [4.69, 9.17) is 4.74 Å². The van der Waals surface area contributed by atoms with Crippen molar-refractivity contribution in [2.75, 3.05) is 7.11 Å². The van der Waals surface area contributed by atoms with E-state index in [-0.39, 0.29) is 23.4 Å². The minimum atomic E-state index is -0.586. The highest BCUT2D eigenvalue weighted by atomic mass is 16.5. The van der Waals surface area contributed by atoms with Crippen LogP contribution in [0.4, 0.5) is 0 Å². The standard InChI is InChI=1S/C17H20N4O4/c1-9-13(10-5-7-11(25-4)8-6-10)18-19-14(9)12-15(22)20(2)17(24)21(3)16(12)23/h5-9,13,18,22H,1-4H3.